The smallest absolute Gasteiger partial charge is 0.104 e. The van der Waals surface area contributed by atoms with Crippen LogP contribution in [0, 0.1) is 13.8 Å². The molecule has 1 fully saturated rings. The molecule has 0 saturated carbocycles. The van der Waals surface area contributed by atoms with Gasteiger partial charge in [-0.15, -0.1) is 0 Å². The first-order chi connectivity index (χ1) is 12.2. The van der Waals surface area contributed by atoms with Crippen LogP contribution in [-0.4, -0.2) is 26.2 Å². The average molecular weight is 331 g/mol. The van der Waals surface area contributed by atoms with Gasteiger partial charge in [-0.05, 0) is 41.8 Å². The third kappa shape index (κ3) is 3.27. The van der Waals surface area contributed by atoms with Crippen LogP contribution in [0.15, 0.2) is 60.7 Å². The summed E-state index contributed by atoms with van der Waals surface area (Å²) >= 11 is 0. The number of nitrogens with zero attached hydrogens (tertiary/aromatic N) is 1. The second-order valence-electron chi connectivity index (χ2n) is 7.27. The number of aryl methyl sites for hydroxylation is 1. The largest absolute Gasteiger partial charge is 0.360 e. The molecule has 0 aromatic heterocycles. The fourth-order valence-electron chi connectivity index (χ4n) is 4.03. The number of rotatable bonds is 3. The van der Waals surface area contributed by atoms with Crippen LogP contribution in [0.25, 0.3) is 10.8 Å². The molecule has 1 aliphatic heterocycles. The number of hydrogen-bond acceptors (Lipinski definition) is 1. The lowest BCUT2D eigenvalue weighted by atomic mass is 10.0. The van der Waals surface area contributed by atoms with Crippen molar-refractivity contribution in [1.29, 1.82) is 0 Å². The van der Waals surface area contributed by atoms with Gasteiger partial charge in [0.15, 0.2) is 0 Å². The topological polar surface area (TPSA) is 7.68 Å². The SMILES string of the molecule is Cc1cccc(N2CC[NH+](Cc3cccc4ccccc34)CC2)c1C. The highest BCUT2D eigenvalue weighted by atomic mass is 15.3. The highest BCUT2D eigenvalue weighted by Crippen LogP contribution is 2.23. The predicted molar refractivity (Wildman–Crippen MR) is 106 cm³/mol. The molecule has 0 spiro atoms. The molecule has 0 aliphatic carbocycles. The lowest BCUT2D eigenvalue weighted by Gasteiger charge is -2.35. The average Bonchev–Trinajstić information content (AvgIpc) is 2.65. The van der Waals surface area contributed by atoms with Crippen LogP contribution >= 0.6 is 0 Å². The van der Waals surface area contributed by atoms with Gasteiger partial charge in [0, 0.05) is 11.3 Å². The van der Waals surface area contributed by atoms with Crippen LogP contribution in [0.1, 0.15) is 16.7 Å². The maximum atomic E-state index is 2.56. The molecule has 0 unspecified atom stereocenters. The van der Waals surface area contributed by atoms with Gasteiger partial charge in [-0.3, -0.25) is 0 Å². The Kier molecular flexibility index (Phi) is 4.46. The van der Waals surface area contributed by atoms with Crippen molar-refractivity contribution in [3.63, 3.8) is 0 Å². The highest BCUT2D eigenvalue weighted by Gasteiger charge is 2.22. The van der Waals surface area contributed by atoms with Gasteiger partial charge in [0.25, 0.3) is 0 Å². The molecule has 128 valence electrons. The van der Waals surface area contributed by atoms with Crippen LogP contribution in [0.3, 0.4) is 0 Å². The minimum Gasteiger partial charge on any atom is -0.360 e. The molecule has 0 amide bonds. The zero-order valence-electron chi connectivity index (χ0n) is 15.3. The Hall–Kier alpha value is -2.32. The standard InChI is InChI=1S/C23H26N2/c1-18-7-5-12-23(19(18)2)25-15-13-24(14-16-25)17-21-10-6-9-20-8-3-4-11-22(20)21/h3-12H,13-17H2,1-2H3/p+1. The molecule has 2 heteroatoms. The third-order valence-corrected chi connectivity index (χ3v) is 5.71. The summed E-state index contributed by atoms with van der Waals surface area (Å²) in [6.45, 7) is 10.3. The number of piperazine rings is 1. The van der Waals surface area contributed by atoms with Crippen LogP contribution in [0.2, 0.25) is 0 Å². The second-order valence-corrected chi connectivity index (χ2v) is 7.27. The van der Waals surface area contributed by atoms with E-state index < -0.39 is 0 Å². The summed E-state index contributed by atoms with van der Waals surface area (Å²) in [4.78, 5) is 4.26. The van der Waals surface area contributed by atoms with Crippen molar-refractivity contribution < 1.29 is 4.90 Å². The Bertz CT molecular complexity index is 871. The fraction of sp³-hybridized carbons (Fsp3) is 0.304. The van der Waals surface area contributed by atoms with E-state index in [0.29, 0.717) is 0 Å². The van der Waals surface area contributed by atoms with Crippen LogP contribution in [0.5, 0.6) is 0 Å². The van der Waals surface area contributed by atoms with E-state index in [2.05, 4.69) is 79.4 Å². The minimum absolute atomic E-state index is 1.13. The lowest BCUT2D eigenvalue weighted by molar-refractivity contribution is -0.914. The minimum atomic E-state index is 1.13. The molecular weight excluding hydrogens is 304 g/mol. The molecule has 1 N–H and O–H groups in total. The van der Waals surface area contributed by atoms with Crippen LogP contribution in [0.4, 0.5) is 5.69 Å². The van der Waals surface area contributed by atoms with Crippen molar-refractivity contribution in [2.45, 2.75) is 20.4 Å². The molecule has 25 heavy (non-hydrogen) atoms. The van der Waals surface area contributed by atoms with Crippen LogP contribution < -0.4 is 9.80 Å². The first-order valence-electron chi connectivity index (χ1n) is 9.34. The number of quaternary nitrogens is 1. The molecule has 1 saturated heterocycles. The van der Waals surface area contributed by atoms with Gasteiger partial charge in [0.2, 0.25) is 0 Å². The number of benzene rings is 3. The normalized spacial score (nSPS) is 15.7. The zero-order chi connectivity index (χ0) is 17.2. The van der Waals surface area contributed by atoms with Gasteiger partial charge >= 0.3 is 0 Å². The Morgan fingerprint density at radius 3 is 2.40 bits per heavy atom. The Balaban J connectivity index is 1.46. The molecule has 1 aliphatic rings. The number of fused-ring (bicyclic) bond motifs is 1. The second kappa shape index (κ2) is 6.89. The number of hydrogen-bond donors (Lipinski definition) is 1. The van der Waals surface area contributed by atoms with Gasteiger partial charge in [0.1, 0.15) is 6.54 Å². The lowest BCUT2D eigenvalue weighted by Crippen LogP contribution is -3.13. The fourth-order valence-corrected chi connectivity index (χ4v) is 4.03. The van der Waals surface area contributed by atoms with E-state index in [1.54, 1.807) is 4.90 Å². The Morgan fingerprint density at radius 1 is 0.840 bits per heavy atom. The molecule has 1 heterocycles. The summed E-state index contributed by atoms with van der Waals surface area (Å²) < 4.78 is 0. The van der Waals surface area contributed by atoms with Gasteiger partial charge in [-0.1, -0.05) is 54.6 Å². The van der Waals surface area contributed by atoms with Gasteiger partial charge < -0.3 is 9.80 Å². The van der Waals surface area contributed by atoms with Crippen molar-refractivity contribution in [3.8, 4) is 0 Å². The van der Waals surface area contributed by atoms with E-state index in [9.17, 15) is 0 Å². The summed E-state index contributed by atoms with van der Waals surface area (Å²) in [5.74, 6) is 0. The molecule has 0 atom stereocenters. The first kappa shape index (κ1) is 16.2. The van der Waals surface area contributed by atoms with Gasteiger partial charge in [0.05, 0.1) is 26.2 Å². The quantitative estimate of drug-likeness (QED) is 0.773. The summed E-state index contributed by atoms with van der Waals surface area (Å²) in [5, 5.41) is 2.77. The summed E-state index contributed by atoms with van der Waals surface area (Å²) in [6.07, 6.45) is 0. The van der Waals surface area contributed by atoms with E-state index in [-0.39, 0.29) is 0 Å². The molecule has 0 radical (unpaired) electrons. The monoisotopic (exact) mass is 331 g/mol. The van der Waals surface area contributed by atoms with E-state index in [1.165, 1.54) is 46.2 Å². The van der Waals surface area contributed by atoms with Crippen molar-refractivity contribution in [3.05, 3.63) is 77.4 Å². The molecule has 3 aromatic carbocycles. The van der Waals surface area contributed by atoms with E-state index >= 15 is 0 Å². The zero-order valence-corrected chi connectivity index (χ0v) is 15.3. The maximum absolute atomic E-state index is 2.56. The van der Waals surface area contributed by atoms with E-state index in [0.717, 1.165) is 19.6 Å². The third-order valence-electron chi connectivity index (χ3n) is 5.71. The van der Waals surface area contributed by atoms with E-state index in [4.69, 9.17) is 0 Å². The number of nitrogens with one attached hydrogen (secondary N) is 1. The molecule has 4 rings (SSSR count). The Labute approximate surface area is 150 Å². The van der Waals surface area contributed by atoms with E-state index in [1.807, 2.05) is 0 Å². The van der Waals surface area contributed by atoms with Crippen molar-refractivity contribution in [2.24, 2.45) is 0 Å². The highest BCUT2D eigenvalue weighted by molar-refractivity contribution is 5.85. The van der Waals surface area contributed by atoms with Gasteiger partial charge in [-0.25, -0.2) is 0 Å². The summed E-state index contributed by atoms with van der Waals surface area (Å²) in [5.41, 5.74) is 5.72. The van der Waals surface area contributed by atoms with Crippen molar-refractivity contribution in [2.75, 3.05) is 31.1 Å². The number of anilines is 1. The predicted octanol–water partition coefficient (Wildman–Crippen LogP) is 3.36. The summed E-state index contributed by atoms with van der Waals surface area (Å²) in [7, 11) is 0. The molecule has 0 bridgehead atoms. The Morgan fingerprint density at radius 2 is 1.56 bits per heavy atom. The van der Waals surface area contributed by atoms with Crippen molar-refractivity contribution in [1.82, 2.24) is 0 Å². The molecular formula is C23H27N2+. The summed E-state index contributed by atoms with van der Waals surface area (Å²) in [6, 6.07) is 22.1. The van der Waals surface area contributed by atoms with Crippen LogP contribution in [-0.2, 0) is 6.54 Å². The van der Waals surface area contributed by atoms with Crippen molar-refractivity contribution >= 4 is 16.5 Å². The van der Waals surface area contributed by atoms with Gasteiger partial charge in [-0.2, -0.15) is 0 Å². The molecule has 2 nitrogen and oxygen atoms in total. The maximum Gasteiger partial charge on any atom is 0.104 e. The molecule has 3 aromatic rings. The first-order valence-corrected chi connectivity index (χ1v) is 9.34.